The van der Waals surface area contributed by atoms with Crippen molar-refractivity contribution >= 4 is 21.7 Å². The average Bonchev–Trinajstić information content (AvgIpc) is 2.62. The molecule has 2 aromatic rings. The molecule has 2 aromatic carbocycles. The molecule has 2 rings (SSSR count). The van der Waals surface area contributed by atoms with E-state index in [2.05, 4.69) is 5.32 Å². The predicted octanol–water partition coefficient (Wildman–Crippen LogP) is 0.646. The van der Waals surface area contributed by atoms with Gasteiger partial charge in [0.15, 0.2) is 12.0 Å². The quantitative estimate of drug-likeness (QED) is 0.339. The Labute approximate surface area is 160 Å². The summed E-state index contributed by atoms with van der Waals surface area (Å²) in [4.78, 5) is 10.7. The van der Waals surface area contributed by atoms with Crippen molar-refractivity contribution in [3.05, 3.63) is 48.0 Å². The molecule has 0 saturated carbocycles. The standard InChI is InChI=1S/C17H20N2O8S/c1-2-17(23,24)16(22)19-12-8-10(15(20)21)9-13(28(18,25)26)14(12)27-11-6-4-3-5-7-11/h3-9,16,19,22-24H,2H2,1H3,(H,20,21)(H2,18,25,26). The fraction of sp³-hybridized carbons (Fsp3) is 0.235. The first kappa shape index (κ1) is 21.6. The van der Waals surface area contributed by atoms with E-state index in [0.29, 0.717) is 0 Å². The number of para-hydroxylation sites is 1. The van der Waals surface area contributed by atoms with E-state index in [1.165, 1.54) is 19.1 Å². The normalized spacial score (nSPS) is 13.0. The maximum Gasteiger partial charge on any atom is 0.335 e. The molecule has 0 bridgehead atoms. The van der Waals surface area contributed by atoms with Crippen molar-refractivity contribution in [2.75, 3.05) is 5.32 Å². The van der Waals surface area contributed by atoms with Crippen LogP contribution >= 0.6 is 0 Å². The van der Waals surface area contributed by atoms with E-state index in [4.69, 9.17) is 9.88 Å². The number of primary sulfonamides is 1. The SMILES string of the molecule is CCC(O)(O)C(O)Nc1cc(C(=O)O)cc(S(N)(=O)=O)c1Oc1ccccc1. The molecule has 0 aliphatic carbocycles. The summed E-state index contributed by atoms with van der Waals surface area (Å²) in [6.07, 6.45) is -2.27. The van der Waals surface area contributed by atoms with Gasteiger partial charge in [-0.05, 0) is 24.3 Å². The molecule has 0 aliphatic heterocycles. The molecule has 10 nitrogen and oxygen atoms in total. The van der Waals surface area contributed by atoms with Crippen molar-refractivity contribution in [1.82, 2.24) is 0 Å². The number of carboxylic acids is 1. The predicted molar refractivity (Wildman–Crippen MR) is 98.4 cm³/mol. The van der Waals surface area contributed by atoms with Gasteiger partial charge in [-0.2, -0.15) is 0 Å². The van der Waals surface area contributed by atoms with E-state index in [1.54, 1.807) is 18.2 Å². The van der Waals surface area contributed by atoms with Gasteiger partial charge in [0, 0.05) is 6.42 Å². The first-order chi connectivity index (χ1) is 13.0. The number of aliphatic hydroxyl groups excluding tert-OH is 1. The number of carboxylic acid groups (broad SMARTS) is 1. The van der Waals surface area contributed by atoms with E-state index < -0.39 is 44.2 Å². The maximum atomic E-state index is 12.0. The largest absolute Gasteiger partial charge is 0.478 e. The number of hydrogen-bond donors (Lipinski definition) is 6. The van der Waals surface area contributed by atoms with Crippen LogP contribution in [-0.4, -0.2) is 46.8 Å². The lowest BCUT2D eigenvalue weighted by atomic mass is 10.1. The van der Waals surface area contributed by atoms with Crippen LogP contribution in [0.25, 0.3) is 0 Å². The van der Waals surface area contributed by atoms with E-state index in [-0.39, 0.29) is 17.9 Å². The van der Waals surface area contributed by atoms with E-state index >= 15 is 0 Å². The van der Waals surface area contributed by atoms with Crippen molar-refractivity contribution in [1.29, 1.82) is 0 Å². The van der Waals surface area contributed by atoms with Crippen molar-refractivity contribution in [3.63, 3.8) is 0 Å². The number of carbonyl (C=O) groups is 1. The highest BCUT2D eigenvalue weighted by Crippen LogP contribution is 2.38. The molecule has 0 spiro atoms. The zero-order valence-electron chi connectivity index (χ0n) is 14.7. The molecule has 0 aromatic heterocycles. The summed E-state index contributed by atoms with van der Waals surface area (Å²) in [5, 5.41) is 46.4. The number of aromatic carboxylic acids is 1. The third-order valence-corrected chi connectivity index (χ3v) is 4.74. The topological polar surface area (TPSA) is 179 Å². The smallest absolute Gasteiger partial charge is 0.335 e. The summed E-state index contributed by atoms with van der Waals surface area (Å²) in [5.41, 5.74) is -0.793. The summed E-state index contributed by atoms with van der Waals surface area (Å²) in [5.74, 6) is -4.26. The van der Waals surface area contributed by atoms with Crippen molar-refractivity contribution in [2.45, 2.75) is 30.3 Å². The lowest BCUT2D eigenvalue weighted by Gasteiger charge is -2.28. The van der Waals surface area contributed by atoms with Crippen LogP contribution < -0.4 is 15.2 Å². The van der Waals surface area contributed by atoms with Crippen molar-refractivity contribution in [2.24, 2.45) is 5.14 Å². The van der Waals surface area contributed by atoms with Crippen LogP contribution in [0.15, 0.2) is 47.4 Å². The molecule has 152 valence electrons. The first-order valence-corrected chi connectivity index (χ1v) is 9.56. The fourth-order valence-corrected chi connectivity index (χ4v) is 2.91. The molecule has 0 amide bonds. The third kappa shape index (κ3) is 4.97. The second-order valence-electron chi connectivity index (χ2n) is 5.90. The van der Waals surface area contributed by atoms with Gasteiger partial charge >= 0.3 is 5.97 Å². The Morgan fingerprint density at radius 3 is 2.36 bits per heavy atom. The average molecular weight is 412 g/mol. The highest BCUT2D eigenvalue weighted by molar-refractivity contribution is 7.89. The second-order valence-corrected chi connectivity index (χ2v) is 7.43. The number of benzene rings is 2. The van der Waals surface area contributed by atoms with Crippen LogP contribution in [0.3, 0.4) is 0 Å². The number of sulfonamides is 1. The minimum absolute atomic E-state index is 0.197. The van der Waals surface area contributed by atoms with Gasteiger partial charge in [-0.15, -0.1) is 0 Å². The van der Waals surface area contributed by atoms with Gasteiger partial charge < -0.3 is 30.5 Å². The summed E-state index contributed by atoms with van der Waals surface area (Å²) in [6.45, 7) is 1.38. The van der Waals surface area contributed by atoms with Gasteiger partial charge in [0.2, 0.25) is 15.8 Å². The van der Waals surface area contributed by atoms with Crippen LogP contribution in [0.4, 0.5) is 5.69 Å². The lowest BCUT2D eigenvalue weighted by Crippen LogP contribution is -2.46. The molecule has 0 heterocycles. The maximum absolute atomic E-state index is 12.0. The molecule has 28 heavy (non-hydrogen) atoms. The number of anilines is 1. The van der Waals surface area contributed by atoms with Gasteiger partial charge in [-0.1, -0.05) is 25.1 Å². The van der Waals surface area contributed by atoms with Crippen LogP contribution in [0.2, 0.25) is 0 Å². The van der Waals surface area contributed by atoms with Crippen molar-refractivity contribution in [3.8, 4) is 11.5 Å². The number of hydrogen-bond acceptors (Lipinski definition) is 8. The number of nitrogens with one attached hydrogen (secondary N) is 1. The lowest BCUT2D eigenvalue weighted by molar-refractivity contribution is -0.217. The highest BCUT2D eigenvalue weighted by atomic mass is 32.2. The second kappa shape index (κ2) is 8.12. The minimum Gasteiger partial charge on any atom is -0.478 e. The zero-order valence-corrected chi connectivity index (χ0v) is 15.5. The highest BCUT2D eigenvalue weighted by Gasteiger charge is 2.33. The molecule has 0 aliphatic rings. The Balaban J connectivity index is 2.68. The summed E-state index contributed by atoms with van der Waals surface area (Å²) in [6, 6.07) is 9.71. The van der Waals surface area contributed by atoms with Crippen LogP contribution in [0.5, 0.6) is 11.5 Å². The molecular formula is C17H20N2O8S. The molecule has 0 radical (unpaired) electrons. The summed E-state index contributed by atoms with van der Waals surface area (Å²) in [7, 11) is -4.44. The molecule has 1 unspecified atom stereocenters. The van der Waals surface area contributed by atoms with E-state index in [0.717, 1.165) is 12.1 Å². The van der Waals surface area contributed by atoms with Gasteiger partial charge in [-0.3, -0.25) is 0 Å². The number of rotatable bonds is 8. The summed E-state index contributed by atoms with van der Waals surface area (Å²) < 4.78 is 29.6. The Morgan fingerprint density at radius 2 is 1.86 bits per heavy atom. The monoisotopic (exact) mass is 412 g/mol. The molecular weight excluding hydrogens is 392 g/mol. The van der Waals surface area contributed by atoms with Crippen molar-refractivity contribution < 1.29 is 38.4 Å². The van der Waals surface area contributed by atoms with E-state index in [1.807, 2.05) is 0 Å². The summed E-state index contributed by atoms with van der Waals surface area (Å²) >= 11 is 0. The third-order valence-electron chi connectivity index (χ3n) is 3.82. The van der Waals surface area contributed by atoms with Gasteiger partial charge in [0.25, 0.3) is 0 Å². The first-order valence-electron chi connectivity index (χ1n) is 8.02. The Bertz CT molecular complexity index is 961. The van der Waals surface area contributed by atoms with Crippen LogP contribution in [-0.2, 0) is 10.0 Å². The van der Waals surface area contributed by atoms with Crippen LogP contribution in [0, 0.1) is 0 Å². The molecule has 0 saturated heterocycles. The Hall–Kier alpha value is -2.70. The van der Waals surface area contributed by atoms with Gasteiger partial charge in [0.05, 0.1) is 11.3 Å². The van der Waals surface area contributed by atoms with Crippen LogP contribution in [0.1, 0.15) is 23.7 Å². The zero-order chi connectivity index (χ0) is 21.1. The Kier molecular flexibility index (Phi) is 6.27. The Morgan fingerprint density at radius 1 is 1.25 bits per heavy atom. The molecule has 7 N–H and O–H groups in total. The molecule has 1 atom stereocenters. The number of ether oxygens (including phenoxy) is 1. The number of aliphatic hydroxyl groups is 3. The fourth-order valence-electron chi connectivity index (χ4n) is 2.21. The minimum atomic E-state index is -4.44. The molecule has 0 fully saturated rings. The van der Waals surface area contributed by atoms with Gasteiger partial charge in [0.1, 0.15) is 10.6 Å². The van der Waals surface area contributed by atoms with E-state index in [9.17, 15) is 33.6 Å². The molecule has 11 heteroatoms. The van der Waals surface area contributed by atoms with Gasteiger partial charge in [-0.25, -0.2) is 18.4 Å². The number of nitrogens with two attached hydrogens (primary N) is 1.